The first kappa shape index (κ1) is 16.5. The number of piperidine rings is 1. The molecule has 1 aliphatic rings. The second-order valence-corrected chi connectivity index (χ2v) is 5.60. The smallest absolute Gasteiger partial charge is 0.323 e. The van der Waals surface area contributed by atoms with E-state index >= 15 is 0 Å². The van der Waals surface area contributed by atoms with Crippen LogP contribution in [0.4, 0.5) is 0 Å². The Morgan fingerprint density at radius 3 is 2.68 bits per heavy atom. The van der Waals surface area contributed by atoms with Crippen LogP contribution in [0.2, 0.25) is 0 Å². The van der Waals surface area contributed by atoms with Gasteiger partial charge >= 0.3 is 5.97 Å². The zero-order valence-electron chi connectivity index (χ0n) is 13.4. The number of nitrogens with zero attached hydrogens (tertiary/aromatic N) is 1. The molecule has 0 aliphatic carbocycles. The highest BCUT2D eigenvalue weighted by Gasteiger charge is 2.28. The highest BCUT2D eigenvalue weighted by atomic mass is 16.5. The minimum atomic E-state index is -0.229. The molecular weight excluding hydrogens is 284 g/mol. The van der Waals surface area contributed by atoms with Crippen molar-refractivity contribution in [3.05, 3.63) is 23.7 Å². The quantitative estimate of drug-likeness (QED) is 0.839. The number of aryl methyl sites for hydroxylation is 1. The van der Waals surface area contributed by atoms with E-state index in [2.05, 4.69) is 10.2 Å². The third-order valence-electron chi connectivity index (χ3n) is 4.14. The van der Waals surface area contributed by atoms with Crippen molar-refractivity contribution < 1.29 is 18.7 Å². The third-order valence-corrected chi connectivity index (χ3v) is 4.14. The molecule has 1 saturated heterocycles. The summed E-state index contributed by atoms with van der Waals surface area (Å²) in [6.45, 7) is 7.40. The largest absolute Gasteiger partial charge is 0.469 e. The van der Waals surface area contributed by atoms with Crippen molar-refractivity contribution in [2.75, 3.05) is 19.7 Å². The van der Waals surface area contributed by atoms with E-state index in [1.54, 1.807) is 13.0 Å². The summed E-state index contributed by atoms with van der Waals surface area (Å²) in [6.07, 6.45) is 3.17. The fourth-order valence-corrected chi connectivity index (χ4v) is 2.73. The number of nitrogens with one attached hydrogen (secondary N) is 1. The van der Waals surface area contributed by atoms with Crippen molar-refractivity contribution in [2.45, 2.75) is 45.7 Å². The number of carbonyl (C=O) groups is 2. The summed E-state index contributed by atoms with van der Waals surface area (Å²) in [5.41, 5.74) is 0.585. The average Bonchev–Trinajstić information content (AvgIpc) is 2.94. The van der Waals surface area contributed by atoms with E-state index in [0.29, 0.717) is 17.9 Å². The Morgan fingerprint density at radius 1 is 1.45 bits per heavy atom. The van der Waals surface area contributed by atoms with Crippen molar-refractivity contribution >= 4 is 11.9 Å². The number of ether oxygens (including phenoxy) is 1. The first-order valence-electron chi connectivity index (χ1n) is 7.78. The zero-order chi connectivity index (χ0) is 16.1. The Bertz CT molecular complexity index is 518. The molecule has 1 amide bonds. The fourth-order valence-electron chi connectivity index (χ4n) is 2.73. The molecule has 2 heterocycles. The van der Waals surface area contributed by atoms with Gasteiger partial charge in [-0.3, -0.25) is 14.5 Å². The fraction of sp³-hybridized carbons (Fsp3) is 0.625. The summed E-state index contributed by atoms with van der Waals surface area (Å²) in [5.74, 6) is 0.355. The molecule has 1 aromatic rings. The molecular formula is C16H24N2O4. The molecule has 22 heavy (non-hydrogen) atoms. The van der Waals surface area contributed by atoms with E-state index in [4.69, 9.17) is 9.15 Å². The van der Waals surface area contributed by atoms with Gasteiger partial charge in [-0.15, -0.1) is 0 Å². The standard InChI is InChI=1S/C16H24N2O4/c1-4-21-16(20)11(2)18-8-5-13(6-9-18)17-15(19)14-7-10-22-12(14)3/h7,10-11,13H,4-6,8-9H2,1-3H3,(H,17,19). The van der Waals surface area contributed by atoms with Crippen LogP contribution < -0.4 is 5.32 Å². The number of carbonyl (C=O) groups excluding carboxylic acids is 2. The Hall–Kier alpha value is -1.82. The molecule has 1 atom stereocenters. The van der Waals surface area contributed by atoms with E-state index in [9.17, 15) is 9.59 Å². The highest BCUT2D eigenvalue weighted by molar-refractivity contribution is 5.95. The van der Waals surface area contributed by atoms with Crippen LogP contribution in [0, 0.1) is 6.92 Å². The maximum atomic E-state index is 12.1. The lowest BCUT2D eigenvalue weighted by Crippen LogP contribution is -2.49. The van der Waals surface area contributed by atoms with Gasteiger partial charge in [0.2, 0.25) is 0 Å². The van der Waals surface area contributed by atoms with Gasteiger partial charge < -0.3 is 14.5 Å². The minimum absolute atomic E-state index is 0.0943. The summed E-state index contributed by atoms with van der Waals surface area (Å²) < 4.78 is 10.2. The predicted molar refractivity (Wildman–Crippen MR) is 81.6 cm³/mol. The first-order valence-corrected chi connectivity index (χ1v) is 7.78. The molecule has 1 fully saturated rings. The Kier molecular flexibility index (Phi) is 5.60. The van der Waals surface area contributed by atoms with Crippen molar-refractivity contribution in [2.24, 2.45) is 0 Å². The predicted octanol–water partition coefficient (Wildman–Crippen LogP) is 1.73. The molecule has 0 saturated carbocycles. The van der Waals surface area contributed by atoms with Crippen LogP contribution in [-0.4, -0.2) is 48.6 Å². The second-order valence-electron chi connectivity index (χ2n) is 5.60. The molecule has 1 aromatic heterocycles. The van der Waals surface area contributed by atoms with Gasteiger partial charge in [0.05, 0.1) is 18.4 Å². The molecule has 1 N–H and O–H groups in total. The second kappa shape index (κ2) is 7.45. The number of hydrogen-bond acceptors (Lipinski definition) is 5. The number of rotatable bonds is 5. The number of amides is 1. The summed E-state index contributed by atoms with van der Waals surface area (Å²) in [6, 6.07) is 1.59. The van der Waals surface area contributed by atoms with Crippen molar-refractivity contribution in [3.8, 4) is 0 Å². The van der Waals surface area contributed by atoms with Gasteiger partial charge in [-0.05, 0) is 39.7 Å². The molecule has 6 nitrogen and oxygen atoms in total. The van der Waals surface area contributed by atoms with Crippen LogP contribution in [0.5, 0.6) is 0 Å². The van der Waals surface area contributed by atoms with Crippen LogP contribution in [0.15, 0.2) is 16.7 Å². The van der Waals surface area contributed by atoms with E-state index in [-0.39, 0.29) is 24.0 Å². The Balaban J connectivity index is 1.81. The van der Waals surface area contributed by atoms with Crippen molar-refractivity contribution in [3.63, 3.8) is 0 Å². The number of hydrogen-bond donors (Lipinski definition) is 1. The minimum Gasteiger partial charge on any atom is -0.469 e. The highest BCUT2D eigenvalue weighted by Crippen LogP contribution is 2.16. The van der Waals surface area contributed by atoms with E-state index in [1.807, 2.05) is 13.8 Å². The van der Waals surface area contributed by atoms with Gasteiger partial charge in [0.25, 0.3) is 5.91 Å². The topological polar surface area (TPSA) is 71.8 Å². The van der Waals surface area contributed by atoms with Crippen LogP contribution in [0.25, 0.3) is 0 Å². The molecule has 1 unspecified atom stereocenters. The van der Waals surface area contributed by atoms with Crippen LogP contribution in [0.3, 0.4) is 0 Å². The van der Waals surface area contributed by atoms with Gasteiger partial charge in [-0.2, -0.15) is 0 Å². The molecule has 0 bridgehead atoms. The first-order chi connectivity index (χ1) is 10.5. The average molecular weight is 308 g/mol. The van der Waals surface area contributed by atoms with E-state index < -0.39 is 0 Å². The van der Waals surface area contributed by atoms with Crippen molar-refractivity contribution in [1.82, 2.24) is 10.2 Å². The van der Waals surface area contributed by atoms with Gasteiger partial charge in [0.1, 0.15) is 11.8 Å². The Morgan fingerprint density at radius 2 is 2.14 bits per heavy atom. The van der Waals surface area contributed by atoms with E-state index in [1.165, 1.54) is 6.26 Å². The van der Waals surface area contributed by atoms with Gasteiger partial charge in [-0.25, -0.2) is 0 Å². The van der Waals surface area contributed by atoms with Crippen LogP contribution in [0.1, 0.15) is 42.8 Å². The molecule has 122 valence electrons. The summed E-state index contributed by atoms with van der Waals surface area (Å²) >= 11 is 0. The SMILES string of the molecule is CCOC(=O)C(C)N1CCC(NC(=O)c2ccoc2C)CC1. The maximum absolute atomic E-state index is 12.1. The lowest BCUT2D eigenvalue weighted by molar-refractivity contribution is -0.149. The molecule has 1 aliphatic heterocycles. The molecule has 0 spiro atoms. The monoisotopic (exact) mass is 308 g/mol. The lowest BCUT2D eigenvalue weighted by Gasteiger charge is -2.35. The Labute approximate surface area is 130 Å². The van der Waals surface area contributed by atoms with E-state index in [0.717, 1.165) is 25.9 Å². The molecule has 6 heteroatoms. The molecule has 0 aromatic carbocycles. The van der Waals surface area contributed by atoms with Gasteiger partial charge in [0, 0.05) is 19.1 Å². The summed E-state index contributed by atoms with van der Waals surface area (Å²) in [7, 11) is 0. The van der Waals surface area contributed by atoms with Gasteiger partial charge in [0.15, 0.2) is 0 Å². The zero-order valence-corrected chi connectivity index (χ0v) is 13.4. The number of esters is 1. The van der Waals surface area contributed by atoms with Crippen LogP contribution in [-0.2, 0) is 9.53 Å². The summed E-state index contributed by atoms with van der Waals surface area (Å²) in [4.78, 5) is 26.0. The molecule has 2 rings (SSSR count). The lowest BCUT2D eigenvalue weighted by atomic mass is 10.0. The maximum Gasteiger partial charge on any atom is 0.323 e. The molecule has 0 radical (unpaired) electrons. The normalized spacial score (nSPS) is 18.0. The third kappa shape index (κ3) is 3.88. The van der Waals surface area contributed by atoms with Crippen LogP contribution >= 0.6 is 0 Å². The van der Waals surface area contributed by atoms with Crippen molar-refractivity contribution in [1.29, 1.82) is 0 Å². The van der Waals surface area contributed by atoms with Gasteiger partial charge in [-0.1, -0.05) is 0 Å². The summed E-state index contributed by atoms with van der Waals surface area (Å²) in [5, 5.41) is 3.03. The number of furan rings is 1. The number of likely N-dealkylation sites (tertiary alicyclic amines) is 1.